The summed E-state index contributed by atoms with van der Waals surface area (Å²) < 4.78 is 13.3. The lowest BCUT2D eigenvalue weighted by molar-refractivity contribution is -0.129. The van der Waals surface area contributed by atoms with Gasteiger partial charge in [-0.25, -0.2) is 9.38 Å². The fourth-order valence-corrected chi connectivity index (χ4v) is 3.82. The molecule has 0 spiro atoms. The molecule has 0 saturated carbocycles. The van der Waals surface area contributed by atoms with Crippen LogP contribution in [0.5, 0.6) is 0 Å². The normalized spacial score (nSPS) is 18.1. The lowest BCUT2D eigenvalue weighted by Gasteiger charge is -2.27. The van der Waals surface area contributed by atoms with E-state index in [1.165, 1.54) is 30.4 Å². The van der Waals surface area contributed by atoms with E-state index in [4.69, 9.17) is 17.3 Å². The van der Waals surface area contributed by atoms with Gasteiger partial charge in [-0.05, 0) is 53.1 Å². The number of benzene rings is 1. The zero-order valence-corrected chi connectivity index (χ0v) is 17.1. The number of aromatic nitrogens is 2. The molecule has 0 saturated heterocycles. The Hall–Kier alpha value is -3.83. The van der Waals surface area contributed by atoms with Crippen LogP contribution in [0.2, 0.25) is 5.02 Å². The maximum Gasteiger partial charge on any atom is 0.266 e. The summed E-state index contributed by atoms with van der Waals surface area (Å²) in [6.07, 6.45) is 4.47. The van der Waals surface area contributed by atoms with Crippen molar-refractivity contribution in [1.29, 1.82) is 5.26 Å². The fraction of sp³-hybridized carbons (Fsp3) is 0.136. The first-order valence-corrected chi connectivity index (χ1v) is 9.58. The molecule has 3 aromatic rings. The van der Waals surface area contributed by atoms with Gasteiger partial charge in [-0.1, -0.05) is 11.6 Å². The van der Waals surface area contributed by atoms with Crippen LogP contribution >= 0.6 is 11.6 Å². The molecule has 1 aliphatic heterocycles. The molecule has 3 heterocycles. The molecule has 0 aliphatic carbocycles. The van der Waals surface area contributed by atoms with Gasteiger partial charge >= 0.3 is 0 Å². The number of rotatable bonds is 4. The van der Waals surface area contributed by atoms with Crippen LogP contribution in [0.15, 0.2) is 60.0 Å². The molecule has 1 aromatic carbocycles. The van der Waals surface area contributed by atoms with E-state index in [0.29, 0.717) is 32.8 Å². The van der Waals surface area contributed by atoms with Crippen molar-refractivity contribution in [2.45, 2.75) is 12.2 Å². The van der Waals surface area contributed by atoms with E-state index in [2.05, 4.69) is 15.0 Å². The molecule has 4 rings (SSSR count). The summed E-state index contributed by atoms with van der Waals surface area (Å²) in [6, 6.07) is 11.9. The molecule has 9 heteroatoms. The zero-order chi connectivity index (χ0) is 22.2. The number of alkyl halides is 1. The lowest BCUT2D eigenvalue weighted by Crippen LogP contribution is -2.41. The van der Waals surface area contributed by atoms with Gasteiger partial charge in [0.2, 0.25) is 0 Å². The number of carbonyl (C=O) groups is 1. The van der Waals surface area contributed by atoms with E-state index < -0.39 is 18.1 Å². The van der Waals surface area contributed by atoms with E-state index in [9.17, 15) is 14.4 Å². The van der Waals surface area contributed by atoms with Crippen molar-refractivity contribution in [1.82, 2.24) is 14.9 Å². The number of amides is 1. The van der Waals surface area contributed by atoms with Crippen LogP contribution < -0.4 is 5.73 Å². The van der Waals surface area contributed by atoms with E-state index in [1.54, 1.807) is 36.5 Å². The minimum absolute atomic E-state index is 0.0262. The molecule has 2 N–H and O–H groups in total. The molecule has 1 unspecified atom stereocenters. The zero-order valence-electron chi connectivity index (χ0n) is 16.4. The van der Waals surface area contributed by atoms with Gasteiger partial charge in [0, 0.05) is 36.2 Å². The first-order valence-electron chi connectivity index (χ1n) is 9.20. The smallest absolute Gasteiger partial charge is 0.266 e. The summed E-state index contributed by atoms with van der Waals surface area (Å²) in [7, 11) is 1.52. The highest BCUT2D eigenvalue weighted by Gasteiger charge is 2.50. The van der Waals surface area contributed by atoms with Gasteiger partial charge < -0.3 is 5.73 Å². The van der Waals surface area contributed by atoms with Crippen molar-refractivity contribution in [2.75, 3.05) is 7.05 Å². The third kappa shape index (κ3) is 3.39. The number of carbonyl (C=O) groups excluding carboxylic acids is 1. The number of halogens is 2. The minimum Gasteiger partial charge on any atom is -0.369 e. The number of likely N-dealkylation sites (N-methyl/N-ethyl adjacent to an activating group) is 1. The molecule has 7 nitrogen and oxygen atoms in total. The molecule has 1 amide bonds. The second-order valence-corrected chi connectivity index (χ2v) is 7.45. The molecular weight excluding hydrogens is 419 g/mol. The Morgan fingerprint density at radius 3 is 2.68 bits per heavy atom. The first kappa shape index (κ1) is 20.4. The summed E-state index contributed by atoms with van der Waals surface area (Å²) in [5.74, 6) is -0.378. The Morgan fingerprint density at radius 1 is 1.19 bits per heavy atom. The number of nitrogens with two attached hydrogens (primary N) is 1. The maximum atomic E-state index is 13.4. The van der Waals surface area contributed by atoms with E-state index >= 15 is 0 Å². The Bertz CT molecular complexity index is 1270. The van der Waals surface area contributed by atoms with Crippen molar-refractivity contribution < 1.29 is 9.18 Å². The number of pyridine rings is 2. The van der Waals surface area contributed by atoms with Gasteiger partial charge in [-0.3, -0.25) is 19.7 Å². The second kappa shape index (κ2) is 7.78. The summed E-state index contributed by atoms with van der Waals surface area (Å²) in [5, 5.41) is 9.54. The van der Waals surface area contributed by atoms with Crippen LogP contribution in [0, 0.1) is 11.3 Å². The van der Waals surface area contributed by atoms with Crippen LogP contribution in [0.3, 0.4) is 0 Å². The monoisotopic (exact) mass is 434 g/mol. The number of nitriles is 1. The van der Waals surface area contributed by atoms with Crippen LogP contribution in [-0.2, 0) is 17.0 Å². The van der Waals surface area contributed by atoms with Crippen molar-refractivity contribution in [3.8, 4) is 17.2 Å². The largest absolute Gasteiger partial charge is 0.369 e. The molecule has 1 atom stereocenters. The third-order valence-electron chi connectivity index (χ3n) is 5.13. The van der Waals surface area contributed by atoms with Crippen molar-refractivity contribution in [3.05, 3.63) is 82.4 Å². The first-order chi connectivity index (χ1) is 14.9. The second-order valence-electron chi connectivity index (χ2n) is 7.02. The summed E-state index contributed by atoms with van der Waals surface area (Å²) >= 11 is 6.42. The SMILES string of the molecule is CN1C(=O)C(c2cc(Cl)cc(-c3cncc(C#N)c3)c2)(c2ccnc(CF)c2)N=C1N. The standard InChI is InChI=1S/C22H16ClFN6O/c1-30-20(31)22(29-21(30)26,16-2-3-28-19(8-16)9-24)17-5-14(6-18(23)7-17)15-4-13(10-25)11-27-12-15/h2-8,11-12H,9H2,1H3,(H2,26,29). The Kier molecular flexibility index (Phi) is 5.13. The van der Waals surface area contributed by atoms with Gasteiger partial charge in [0.1, 0.15) is 12.7 Å². The molecule has 1 aliphatic rings. The molecular formula is C22H16ClFN6O. The van der Waals surface area contributed by atoms with Gasteiger partial charge in [0.05, 0.1) is 11.3 Å². The van der Waals surface area contributed by atoms with Crippen molar-refractivity contribution in [2.24, 2.45) is 10.7 Å². The summed E-state index contributed by atoms with van der Waals surface area (Å²) in [5.41, 5.74) is 7.16. The van der Waals surface area contributed by atoms with Gasteiger partial charge in [0.25, 0.3) is 5.91 Å². The highest BCUT2D eigenvalue weighted by molar-refractivity contribution is 6.31. The topological polar surface area (TPSA) is 108 Å². The molecule has 31 heavy (non-hydrogen) atoms. The lowest BCUT2D eigenvalue weighted by atomic mass is 9.82. The molecule has 0 bridgehead atoms. The highest BCUT2D eigenvalue weighted by Crippen LogP contribution is 2.41. The number of guanidine groups is 1. The van der Waals surface area contributed by atoms with Crippen molar-refractivity contribution in [3.63, 3.8) is 0 Å². The molecule has 0 fully saturated rings. The minimum atomic E-state index is -1.55. The van der Waals surface area contributed by atoms with Crippen LogP contribution in [-0.4, -0.2) is 33.8 Å². The van der Waals surface area contributed by atoms with Gasteiger partial charge in [-0.2, -0.15) is 5.26 Å². The third-order valence-corrected chi connectivity index (χ3v) is 5.35. The van der Waals surface area contributed by atoms with Crippen LogP contribution in [0.25, 0.3) is 11.1 Å². The van der Waals surface area contributed by atoms with Gasteiger partial charge in [-0.15, -0.1) is 0 Å². The van der Waals surface area contributed by atoms with Crippen LogP contribution in [0.1, 0.15) is 22.4 Å². The van der Waals surface area contributed by atoms with Crippen LogP contribution in [0.4, 0.5) is 4.39 Å². The van der Waals surface area contributed by atoms with E-state index in [0.717, 1.165) is 0 Å². The number of aliphatic imine (C=N–C) groups is 1. The summed E-state index contributed by atoms with van der Waals surface area (Å²) in [4.78, 5) is 27.2. The highest BCUT2D eigenvalue weighted by atomic mass is 35.5. The number of hydrogen-bond donors (Lipinski definition) is 1. The number of hydrogen-bond acceptors (Lipinski definition) is 6. The Balaban J connectivity index is 1.98. The quantitative estimate of drug-likeness (QED) is 0.678. The average Bonchev–Trinajstić information content (AvgIpc) is 3.03. The molecule has 0 radical (unpaired) electrons. The number of nitrogens with zero attached hydrogens (tertiary/aromatic N) is 5. The Morgan fingerprint density at radius 2 is 2.00 bits per heavy atom. The Labute approximate surface area is 182 Å². The fourth-order valence-electron chi connectivity index (χ4n) is 3.58. The van der Waals surface area contributed by atoms with E-state index in [1.807, 2.05) is 6.07 Å². The molecule has 154 valence electrons. The van der Waals surface area contributed by atoms with Crippen molar-refractivity contribution >= 4 is 23.5 Å². The predicted molar refractivity (Wildman–Crippen MR) is 114 cm³/mol. The maximum absolute atomic E-state index is 13.4. The molecule has 2 aromatic heterocycles. The van der Waals surface area contributed by atoms with Gasteiger partial charge in [0.15, 0.2) is 11.5 Å². The van der Waals surface area contributed by atoms with E-state index in [-0.39, 0.29) is 11.7 Å². The average molecular weight is 435 g/mol. The predicted octanol–water partition coefficient (Wildman–Crippen LogP) is 3.17. The summed E-state index contributed by atoms with van der Waals surface area (Å²) in [6.45, 7) is -0.791.